The number of anilines is 1. The molecule has 24 heavy (non-hydrogen) atoms. The molecule has 6 nitrogen and oxygen atoms in total. The van der Waals surface area contributed by atoms with E-state index in [-0.39, 0.29) is 25.4 Å². The van der Waals surface area contributed by atoms with E-state index in [9.17, 15) is 28.1 Å². The van der Waals surface area contributed by atoms with Crippen LogP contribution in [-0.2, 0) is 15.7 Å². The summed E-state index contributed by atoms with van der Waals surface area (Å²) in [4.78, 5) is 23.3. The summed E-state index contributed by atoms with van der Waals surface area (Å²) in [5, 5.41) is 10.7. The summed E-state index contributed by atoms with van der Waals surface area (Å²) in [6.45, 7) is 3.79. The van der Waals surface area contributed by atoms with Crippen LogP contribution in [0.1, 0.15) is 25.8 Å². The van der Waals surface area contributed by atoms with Crippen molar-refractivity contribution in [3.05, 3.63) is 33.9 Å². The van der Waals surface area contributed by atoms with Gasteiger partial charge in [-0.1, -0.05) is 0 Å². The van der Waals surface area contributed by atoms with E-state index in [1.54, 1.807) is 13.8 Å². The molecule has 1 unspecified atom stereocenters. The molecule has 0 spiro atoms. The highest BCUT2D eigenvalue weighted by atomic mass is 19.4. The van der Waals surface area contributed by atoms with E-state index in [0.29, 0.717) is 12.5 Å². The van der Waals surface area contributed by atoms with E-state index < -0.39 is 33.7 Å². The Morgan fingerprint density at radius 2 is 2.12 bits per heavy atom. The smallest absolute Gasteiger partial charge is 0.418 e. The van der Waals surface area contributed by atoms with Crippen molar-refractivity contribution in [3.8, 4) is 0 Å². The van der Waals surface area contributed by atoms with Gasteiger partial charge in [0, 0.05) is 30.9 Å². The van der Waals surface area contributed by atoms with Crippen molar-refractivity contribution in [2.75, 3.05) is 24.6 Å². The van der Waals surface area contributed by atoms with Crippen LogP contribution in [0.2, 0.25) is 0 Å². The van der Waals surface area contributed by atoms with Crippen LogP contribution in [0.4, 0.5) is 24.5 Å². The summed E-state index contributed by atoms with van der Waals surface area (Å²) >= 11 is 0. The zero-order valence-electron chi connectivity index (χ0n) is 13.2. The van der Waals surface area contributed by atoms with Crippen LogP contribution in [0, 0.1) is 15.5 Å². The zero-order chi connectivity index (χ0) is 18.1. The topological polar surface area (TPSA) is 72.7 Å². The Morgan fingerprint density at radius 1 is 1.46 bits per heavy atom. The summed E-state index contributed by atoms with van der Waals surface area (Å²) in [6, 6.07) is 2.64. The molecule has 0 saturated carbocycles. The standard InChI is InChI=1S/C15H17F3N2O4/c1-3-24-13(21)14(2)6-7-19(9-14)12-5-4-10(20(22)23)8-11(12)15(16,17)18/h4-5,8H,3,6-7,9H2,1-2H3. The fourth-order valence-corrected chi connectivity index (χ4v) is 2.78. The highest BCUT2D eigenvalue weighted by molar-refractivity contribution is 5.78. The molecule has 0 bridgehead atoms. The molecule has 1 fully saturated rings. The van der Waals surface area contributed by atoms with Gasteiger partial charge in [0.05, 0.1) is 22.5 Å². The van der Waals surface area contributed by atoms with Crippen LogP contribution < -0.4 is 4.90 Å². The van der Waals surface area contributed by atoms with Crippen molar-refractivity contribution in [1.29, 1.82) is 0 Å². The molecule has 1 aromatic rings. The van der Waals surface area contributed by atoms with Gasteiger partial charge in [-0.3, -0.25) is 14.9 Å². The first-order valence-corrected chi connectivity index (χ1v) is 7.36. The van der Waals surface area contributed by atoms with Crippen molar-refractivity contribution in [3.63, 3.8) is 0 Å². The molecule has 9 heteroatoms. The lowest BCUT2D eigenvalue weighted by molar-refractivity contribution is -0.385. The summed E-state index contributed by atoms with van der Waals surface area (Å²) in [5.41, 5.74) is -2.77. The molecule has 1 saturated heterocycles. The summed E-state index contributed by atoms with van der Waals surface area (Å²) < 4.78 is 44.8. The predicted octanol–water partition coefficient (Wildman–Crippen LogP) is 3.39. The quantitative estimate of drug-likeness (QED) is 0.475. The van der Waals surface area contributed by atoms with Gasteiger partial charge in [0.2, 0.25) is 0 Å². The molecule has 1 aromatic carbocycles. The van der Waals surface area contributed by atoms with E-state index in [4.69, 9.17) is 4.74 Å². The second-order valence-electron chi connectivity index (χ2n) is 5.91. The predicted molar refractivity (Wildman–Crippen MR) is 79.7 cm³/mol. The normalized spacial score (nSPS) is 21.0. The lowest BCUT2D eigenvalue weighted by Gasteiger charge is -2.25. The van der Waals surface area contributed by atoms with E-state index >= 15 is 0 Å². The number of alkyl halides is 3. The minimum atomic E-state index is -4.73. The van der Waals surface area contributed by atoms with Crippen LogP contribution in [0.5, 0.6) is 0 Å². The van der Waals surface area contributed by atoms with Crippen LogP contribution in [-0.4, -0.2) is 30.6 Å². The number of carbonyl (C=O) groups excluding carboxylic acids is 1. The average molecular weight is 346 g/mol. The molecule has 0 amide bonds. The number of nitro groups is 1. The maximum Gasteiger partial charge on any atom is 0.418 e. The van der Waals surface area contributed by atoms with Gasteiger partial charge in [0.1, 0.15) is 0 Å². The van der Waals surface area contributed by atoms with Crippen LogP contribution in [0.15, 0.2) is 18.2 Å². The monoisotopic (exact) mass is 346 g/mol. The third-order valence-electron chi connectivity index (χ3n) is 4.08. The molecular weight excluding hydrogens is 329 g/mol. The Morgan fingerprint density at radius 3 is 2.67 bits per heavy atom. The number of non-ortho nitro benzene ring substituents is 1. The van der Waals surface area contributed by atoms with Crippen molar-refractivity contribution in [1.82, 2.24) is 0 Å². The number of halogens is 3. The van der Waals surface area contributed by atoms with Crippen molar-refractivity contribution in [2.45, 2.75) is 26.4 Å². The molecular formula is C15H17F3N2O4. The first-order chi connectivity index (χ1) is 11.1. The molecule has 2 rings (SSSR count). The largest absolute Gasteiger partial charge is 0.466 e. The van der Waals surface area contributed by atoms with Gasteiger partial charge in [-0.05, 0) is 26.3 Å². The summed E-state index contributed by atoms with van der Waals surface area (Å²) in [7, 11) is 0. The van der Waals surface area contributed by atoms with Gasteiger partial charge < -0.3 is 9.64 Å². The molecule has 0 N–H and O–H groups in total. The lowest BCUT2D eigenvalue weighted by Crippen LogP contribution is -2.34. The molecule has 1 aliphatic heterocycles. The Kier molecular flexibility index (Phi) is 4.73. The van der Waals surface area contributed by atoms with Gasteiger partial charge in [0.15, 0.2) is 0 Å². The number of nitrogens with zero attached hydrogens (tertiary/aromatic N) is 2. The number of hydrogen-bond donors (Lipinski definition) is 0. The molecule has 0 radical (unpaired) electrons. The van der Waals surface area contributed by atoms with E-state index in [2.05, 4.69) is 0 Å². The molecule has 1 aliphatic rings. The number of nitro benzene ring substituents is 1. The maximum absolute atomic E-state index is 13.3. The number of ether oxygens (including phenoxy) is 1. The van der Waals surface area contributed by atoms with Crippen molar-refractivity contribution >= 4 is 17.3 Å². The van der Waals surface area contributed by atoms with E-state index in [1.807, 2.05) is 0 Å². The fourth-order valence-electron chi connectivity index (χ4n) is 2.78. The minimum Gasteiger partial charge on any atom is -0.466 e. The van der Waals surface area contributed by atoms with Crippen LogP contribution in [0.3, 0.4) is 0 Å². The second kappa shape index (κ2) is 6.29. The zero-order valence-corrected chi connectivity index (χ0v) is 13.2. The maximum atomic E-state index is 13.3. The number of esters is 1. The highest BCUT2D eigenvalue weighted by Crippen LogP contribution is 2.42. The Balaban J connectivity index is 2.36. The number of rotatable bonds is 4. The number of benzene rings is 1. The second-order valence-corrected chi connectivity index (χ2v) is 5.91. The average Bonchev–Trinajstić information content (AvgIpc) is 2.90. The Labute approximate surface area is 136 Å². The molecule has 1 atom stereocenters. The Hall–Kier alpha value is -2.32. The van der Waals surface area contributed by atoms with E-state index in [0.717, 1.165) is 12.1 Å². The van der Waals surface area contributed by atoms with Gasteiger partial charge in [-0.15, -0.1) is 0 Å². The molecule has 0 aliphatic carbocycles. The first-order valence-electron chi connectivity index (χ1n) is 7.36. The SMILES string of the molecule is CCOC(=O)C1(C)CCN(c2ccc([N+](=O)[O-])cc2C(F)(F)F)C1. The summed E-state index contributed by atoms with van der Waals surface area (Å²) in [5.74, 6) is -0.456. The first kappa shape index (κ1) is 18.0. The van der Waals surface area contributed by atoms with Crippen molar-refractivity contribution < 1.29 is 27.6 Å². The van der Waals surface area contributed by atoms with Gasteiger partial charge in [-0.25, -0.2) is 0 Å². The molecule has 132 valence electrons. The molecule has 0 aromatic heterocycles. The third-order valence-corrected chi connectivity index (χ3v) is 4.08. The third kappa shape index (κ3) is 3.44. The number of carbonyl (C=O) groups is 1. The summed E-state index contributed by atoms with van der Waals surface area (Å²) in [6.07, 6.45) is -4.38. The lowest BCUT2D eigenvalue weighted by atomic mass is 9.90. The van der Waals surface area contributed by atoms with Crippen molar-refractivity contribution in [2.24, 2.45) is 5.41 Å². The Bertz CT molecular complexity index is 663. The number of hydrogen-bond acceptors (Lipinski definition) is 5. The van der Waals surface area contributed by atoms with Gasteiger partial charge >= 0.3 is 12.1 Å². The van der Waals surface area contributed by atoms with E-state index in [1.165, 1.54) is 4.90 Å². The molecule has 1 heterocycles. The van der Waals surface area contributed by atoms with Crippen LogP contribution in [0.25, 0.3) is 0 Å². The fraction of sp³-hybridized carbons (Fsp3) is 0.533. The highest BCUT2D eigenvalue weighted by Gasteiger charge is 2.44. The van der Waals surface area contributed by atoms with Gasteiger partial charge in [-0.2, -0.15) is 13.2 Å². The minimum absolute atomic E-state index is 0.0622. The van der Waals surface area contributed by atoms with Crippen LogP contribution >= 0.6 is 0 Å². The van der Waals surface area contributed by atoms with Gasteiger partial charge in [0.25, 0.3) is 5.69 Å².